The second kappa shape index (κ2) is 11.0. The van der Waals surface area contributed by atoms with Gasteiger partial charge in [-0.05, 0) is 63.2 Å². The van der Waals surface area contributed by atoms with Crippen LogP contribution in [0.25, 0.3) is 11.1 Å². The van der Waals surface area contributed by atoms with Crippen LogP contribution < -0.4 is 10.6 Å². The Balaban J connectivity index is 1.59. The van der Waals surface area contributed by atoms with Gasteiger partial charge in [-0.2, -0.15) is 5.10 Å². The smallest absolute Gasteiger partial charge is 0.341 e. The van der Waals surface area contributed by atoms with Crippen LogP contribution in [0.5, 0.6) is 0 Å². The molecule has 186 valence electrons. The SMILES string of the molecule is CCOC(=O)c1c(NC(=S)Nc2c(C)nn(Cc3cccc(F)c3)c2C)sc(C)c1-c1ccccc1. The van der Waals surface area contributed by atoms with E-state index in [2.05, 4.69) is 15.7 Å². The summed E-state index contributed by atoms with van der Waals surface area (Å²) in [6.07, 6.45) is 0. The van der Waals surface area contributed by atoms with Crippen LogP contribution in [-0.2, 0) is 11.3 Å². The van der Waals surface area contributed by atoms with Crippen molar-refractivity contribution in [2.45, 2.75) is 34.2 Å². The summed E-state index contributed by atoms with van der Waals surface area (Å²) in [6.45, 7) is 8.27. The maximum Gasteiger partial charge on any atom is 0.341 e. The highest BCUT2D eigenvalue weighted by atomic mass is 32.1. The highest BCUT2D eigenvalue weighted by Gasteiger charge is 2.25. The summed E-state index contributed by atoms with van der Waals surface area (Å²) in [5, 5.41) is 12.0. The molecule has 0 fully saturated rings. The molecule has 0 bridgehead atoms. The first kappa shape index (κ1) is 25.5. The Hall–Kier alpha value is -3.56. The monoisotopic (exact) mass is 522 g/mol. The van der Waals surface area contributed by atoms with Crippen LogP contribution >= 0.6 is 23.6 Å². The van der Waals surface area contributed by atoms with E-state index in [1.54, 1.807) is 13.0 Å². The molecule has 36 heavy (non-hydrogen) atoms. The van der Waals surface area contributed by atoms with Crippen LogP contribution in [0, 0.1) is 26.6 Å². The number of rotatable bonds is 7. The average Bonchev–Trinajstić information content (AvgIpc) is 3.30. The molecule has 0 radical (unpaired) electrons. The van der Waals surface area contributed by atoms with Crippen LogP contribution in [0.15, 0.2) is 54.6 Å². The van der Waals surface area contributed by atoms with Gasteiger partial charge in [-0.1, -0.05) is 42.5 Å². The van der Waals surface area contributed by atoms with E-state index >= 15 is 0 Å². The standard InChI is InChI=1S/C27H27FN4O2S2/c1-5-34-26(33)23-22(20-11-7-6-8-12-20)18(4)36-25(23)30-27(35)29-24-16(2)31-32(17(24)3)15-19-10-9-13-21(28)14-19/h6-14H,5,15H2,1-4H3,(H2,29,30,35). The minimum absolute atomic E-state index is 0.271. The molecule has 2 aromatic carbocycles. The molecular weight excluding hydrogens is 495 g/mol. The van der Waals surface area contributed by atoms with Crippen LogP contribution in [0.4, 0.5) is 15.1 Å². The maximum atomic E-state index is 13.6. The topological polar surface area (TPSA) is 68.2 Å². The molecule has 2 aromatic heterocycles. The zero-order valence-electron chi connectivity index (χ0n) is 20.5. The predicted molar refractivity (Wildman–Crippen MR) is 147 cm³/mol. The van der Waals surface area contributed by atoms with Crippen molar-refractivity contribution in [2.24, 2.45) is 0 Å². The Morgan fingerprint density at radius 3 is 2.56 bits per heavy atom. The molecule has 0 aliphatic carbocycles. The van der Waals surface area contributed by atoms with Crippen molar-refractivity contribution in [1.82, 2.24) is 9.78 Å². The summed E-state index contributed by atoms with van der Waals surface area (Å²) in [4.78, 5) is 13.9. The second-order valence-corrected chi connectivity index (χ2v) is 9.87. The first-order valence-corrected chi connectivity index (χ1v) is 12.7. The Bertz CT molecular complexity index is 1410. The number of carbonyl (C=O) groups is 1. The fourth-order valence-corrected chi connectivity index (χ4v) is 5.41. The normalized spacial score (nSPS) is 10.8. The molecule has 2 N–H and O–H groups in total. The third-order valence-electron chi connectivity index (χ3n) is 5.69. The largest absolute Gasteiger partial charge is 0.462 e. The third kappa shape index (κ3) is 5.47. The minimum Gasteiger partial charge on any atom is -0.462 e. The lowest BCUT2D eigenvalue weighted by atomic mass is 10.0. The quantitative estimate of drug-likeness (QED) is 0.208. The highest BCUT2D eigenvalue weighted by molar-refractivity contribution is 7.80. The lowest BCUT2D eigenvalue weighted by molar-refractivity contribution is 0.0529. The van der Waals surface area contributed by atoms with Gasteiger partial charge in [-0.25, -0.2) is 9.18 Å². The van der Waals surface area contributed by atoms with Crippen LogP contribution in [0.2, 0.25) is 0 Å². The van der Waals surface area contributed by atoms with Gasteiger partial charge in [0.2, 0.25) is 0 Å². The van der Waals surface area contributed by atoms with Crippen molar-refractivity contribution in [2.75, 3.05) is 17.2 Å². The number of thiocarbonyl (C=S) groups is 1. The first-order valence-electron chi connectivity index (χ1n) is 11.5. The van der Waals surface area contributed by atoms with E-state index in [1.165, 1.54) is 23.5 Å². The van der Waals surface area contributed by atoms with E-state index in [0.29, 0.717) is 22.2 Å². The van der Waals surface area contributed by atoms with Crippen molar-refractivity contribution in [3.05, 3.63) is 87.8 Å². The molecule has 0 saturated heterocycles. The Morgan fingerprint density at radius 2 is 1.86 bits per heavy atom. The van der Waals surface area contributed by atoms with Gasteiger partial charge in [0.25, 0.3) is 0 Å². The van der Waals surface area contributed by atoms with Gasteiger partial charge in [-0.3, -0.25) is 4.68 Å². The van der Waals surface area contributed by atoms with Gasteiger partial charge < -0.3 is 15.4 Å². The number of thiophene rings is 1. The Labute approximate surface area is 219 Å². The number of hydrogen-bond donors (Lipinski definition) is 2. The molecule has 0 atom stereocenters. The number of aromatic nitrogens is 2. The number of ether oxygens (including phenoxy) is 1. The molecule has 0 spiro atoms. The summed E-state index contributed by atoms with van der Waals surface area (Å²) in [5.74, 6) is -0.683. The van der Waals surface area contributed by atoms with Crippen LogP contribution in [0.1, 0.15) is 39.1 Å². The first-order chi connectivity index (χ1) is 17.3. The lowest BCUT2D eigenvalue weighted by Gasteiger charge is -2.12. The van der Waals surface area contributed by atoms with Gasteiger partial charge in [0, 0.05) is 10.4 Å². The van der Waals surface area contributed by atoms with E-state index in [-0.39, 0.29) is 12.4 Å². The number of benzene rings is 2. The van der Waals surface area contributed by atoms with Crippen molar-refractivity contribution >= 4 is 45.3 Å². The summed E-state index contributed by atoms with van der Waals surface area (Å²) >= 11 is 7.07. The van der Waals surface area contributed by atoms with Crippen molar-refractivity contribution in [1.29, 1.82) is 0 Å². The van der Waals surface area contributed by atoms with Crippen molar-refractivity contribution in [3.8, 4) is 11.1 Å². The van der Waals surface area contributed by atoms with Gasteiger partial charge >= 0.3 is 5.97 Å². The molecule has 4 aromatic rings. The zero-order chi connectivity index (χ0) is 25.8. The molecule has 6 nitrogen and oxygen atoms in total. The molecule has 4 rings (SSSR count). The summed E-state index contributed by atoms with van der Waals surface area (Å²) < 4.78 is 20.8. The number of carbonyl (C=O) groups excluding carboxylic acids is 1. The number of nitrogens with one attached hydrogen (secondary N) is 2. The fraction of sp³-hybridized carbons (Fsp3) is 0.222. The maximum absolute atomic E-state index is 13.6. The van der Waals surface area contributed by atoms with Crippen LogP contribution in [0.3, 0.4) is 0 Å². The molecule has 9 heteroatoms. The minimum atomic E-state index is -0.402. The van der Waals surface area contributed by atoms with Crippen molar-refractivity contribution < 1.29 is 13.9 Å². The van der Waals surface area contributed by atoms with Crippen molar-refractivity contribution in [3.63, 3.8) is 0 Å². The zero-order valence-corrected chi connectivity index (χ0v) is 22.1. The lowest BCUT2D eigenvalue weighted by Crippen LogP contribution is -2.21. The number of anilines is 2. The van der Waals surface area contributed by atoms with E-state index in [4.69, 9.17) is 17.0 Å². The van der Waals surface area contributed by atoms with Crippen LogP contribution in [-0.4, -0.2) is 27.5 Å². The van der Waals surface area contributed by atoms with E-state index < -0.39 is 5.97 Å². The van der Waals surface area contributed by atoms with Gasteiger partial charge in [0.1, 0.15) is 16.4 Å². The summed E-state index contributed by atoms with van der Waals surface area (Å²) in [6, 6.07) is 16.2. The van der Waals surface area contributed by atoms with E-state index in [9.17, 15) is 9.18 Å². The number of halogens is 1. The third-order valence-corrected chi connectivity index (χ3v) is 6.92. The van der Waals surface area contributed by atoms with Gasteiger partial charge in [0.05, 0.1) is 30.2 Å². The van der Waals surface area contributed by atoms with Gasteiger partial charge in [0.15, 0.2) is 5.11 Å². The molecule has 0 unspecified atom stereocenters. The Kier molecular flexibility index (Phi) is 7.81. The van der Waals surface area contributed by atoms with Gasteiger partial charge in [-0.15, -0.1) is 11.3 Å². The number of nitrogens with zero attached hydrogens (tertiary/aromatic N) is 2. The molecular formula is C27H27FN4O2S2. The molecule has 0 saturated carbocycles. The van der Waals surface area contributed by atoms with E-state index in [0.717, 1.165) is 38.6 Å². The molecule has 0 amide bonds. The van der Waals surface area contributed by atoms with E-state index in [1.807, 2.05) is 61.9 Å². The predicted octanol–water partition coefficient (Wildman–Crippen LogP) is 6.71. The molecule has 0 aliphatic rings. The Morgan fingerprint density at radius 1 is 1.11 bits per heavy atom. The number of aryl methyl sites for hydroxylation is 2. The summed E-state index contributed by atoms with van der Waals surface area (Å²) in [7, 11) is 0. The second-order valence-electron chi connectivity index (χ2n) is 8.24. The fourth-order valence-electron chi connectivity index (χ4n) is 4.07. The highest BCUT2D eigenvalue weighted by Crippen LogP contribution is 2.40. The average molecular weight is 523 g/mol. The summed E-state index contributed by atoms with van der Waals surface area (Å²) in [5.41, 5.74) is 5.42. The number of hydrogen-bond acceptors (Lipinski definition) is 5. The molecule has 0 aliphatic heterocycles. The molecule has 2 heterocycles. The number of esters is 1.